The first-order valence-corrected chi connectivity index (χ1v) is 12.1. The molecule has 0 saturated carbocycles. The van der Waals surface area contributed by atoms with Gasteiger partial charge in [-0.05, 0) is 32.0 Å². The van der Waals surface area contributed by atoms with Crippen LogP contribution in [0.3, 0.4) is 0 Å². The van der Waals surface area contributed by atoms with Crippen LogP contribution >= 0.6 is 11.3 Å². The maximum absolute atomic E-state index is 12.5. The monoisotopic (exact) mass is 492 g/mol. The number of nitrogens with zero attached hydrogens (tertiary/aromatic N) is 2. The van der Waals surface area contributed by atoms with Gasteiger partial charge < -0.3 is 4.74 Å². The molecule has 1 aromatic heterocycles. The number of amides is 1. The molecule has 3 rings (SSSR count). The molecule has 2 aromatic rings. The standard InChI is InChI=1S/C19H23F3N4O4S2/c1-12-7-26(8-13(2)30-12)9-15-10-31-18(24-15)25-17(27)14-4-3-5-16(6-14)32(28,29)23-11-19(20,21)22/h3-6,10,12-13,23H,7-9,11H2,1-2H3,(H,24,25,27)/t12-,13-/m0/s1. The number of carbonyl (C=O) groups is 1. The quantitative estimate of drug-likeness (QED) is 0.617. The molecular formula is C19H23F3N4O4S2. The van der Waals surface area contributed by atoms with Gasteiger partial charge in [-0.25, -0.2) is 18.1 Å². The van der Waals surface area contributed by atoms with E-state index in [1.807, 2.05) is 19.2 Å². The lowest BCUT2D eigenvalue weighted by Crippen LogP contribution is -2.44. The molecule has 0 aliphatic carbocycles. The van der Waals surface area contributed by atoms with Gasteiger partial charge in [0.05, 0.1) is 22.8 Å². The zero-order chi connectivity index (χ0) is 23.5. The summed E-state index contributed by atoms with van der Waals surface area (Å²) in [4.78, 5) is 18.7. The Kier molecular flexibility index (Phi) is 7.55. The van der Waals surface area contributed by atoms with Crippen molar-refractivity contribution in [2.75, 3.05) is 25.0 Å². The number of benzene rings is 1. The van der Waals surface area contributed by atoms with E-state index >= 15 is 0 Å². The molecule has 0 unspecified atom stereocenters. The normalized spacial score (nSPS) is 20.3. The van der Waals surface area contributed by atoms with Crippen LogP contribution in [0.4, 0.5) is 18.3 Å². The minimum absolute atomic E-state index is 0.0209. The predicted octanol–water partition coefficient (Wildman–Crippen LogP) is 2.85. The minimum Gasteiger partial charge on any atom is -0.373 e. The molecular weight excluding hydrogens is 469 g/mol. The molecule has 1 aromatic carbocycles. The highest BCUT2D eigenvalue weighted by atomic mass is 32.2. The summed E-state index contributed by atoms with van der Waals surface area (Å²) in [5, 5.41) is 4.76. The van der Waals surface area contributed by atoms with Gasteiger partial charge in [0, 0.05) is 30.6 Å². The first-order chi connectivity index (χ1) is 14.9. The summed E-state index contributed by atoms with van der Waals surface area (Å²) in [5.74, 6) is -0.618. The molecule has 2 heterocycles. The molecule has 1 fully saturated rings. The number of hydrogen-bond acceptors (Lipinski definition) is 7. The summed E-state index contributed by atoms with van der Waals surface area (Å²) in [6, 6.07) is 4.77. The van der Waals surface area contributed by atoms with Gasteiger partial charge in [-0.2, -0.15) is 13.2 Å². The number of morpholine rings is 1. The van der Waals surface area contributed by atoms with Crippen LogP contribution in [0, 0.1) is 0 Å². The summed E-state index contributed by atoms with van der Waals surface area (Å²) < 4.78 is 68.3. The smallest absolute Gasteiger partial charge is 0.373 e. The van der Waals surface area contributed by atoms with Crippen LogP contribution in [0.25, 0.3) is 0 Å². The fourth-order valence-electron chi connectivity index (χ4n) is 3.31. The van der Waals surface area contributed by atoms with Crippen LogP contribution in [0.15, 0.2) is 34.5 Å². The second-order valence-electron chi connectivity index (χ2n) is 7.52. The average Bonchev–Trinajstić information content (AvgIpc) is 3.12. The zero-order valence-corrected chi connectivity index (χ0v) is 19.0. The lowest BCUT2D eigenvalue weighted by Gasteiger charge is -2.34. The summed E-state index contributed by atoms with van der Waals surface area (Å²) in [6.45, 7) is 4.45. The highest BCUT2D eigenvalue weighted by Crippen LogP contribution is 2.21. The Hall–Kier alpha value is -2.06. The predicted molar refractivity (Wildman–Crippen MR) is 113 cm³/mol. The van der Waals surface area contributed by atoms with Gasteiger partial charge in [0.15, 0.2) is 5.13 Å². The highest BCUT2D eigenvalue weighted by molar-refractivity contribution is 7.89. The minimum atomic E-state index is -4.69. The van der Waals surface area contributed by atoms with Crippen LogP contribution in [0.2, 0.25) is 0 Å². The van der Waals surface area contributed by atoms with Crippen molar-refractivity contribution in [3.05, 3.63) is 40.9 Å². The first-order valence-electron chi connectivity index (χ1n) is 9.71. The Bertz CT molecular complexity index is 1050. The molecule has 1 aliphatic rings. The van der Waals surface area contributed by atoms with Gasteiger partial charge >= 0.3 is 6.18 Å². The fraction of sp³-hybridized carbons (Fsp3) is 0.474. The van der Waals surface area contributed by atoms with Crippen molar-refractivity contribution in [3.63, 3.8) is 0 Å². The Morgan fingerprint density at radius 2 is 1.97 bits per heavy atom. The SMILES string of the molecule is C[C@H]1CN(Cc2csc(NC(=O)c3cccc(S(=O)(=O)NCC(F)(F)F)c3)n2)C[C@H](C)O1. The number of aromatic nitrogens is 1. The summed E-state index contributed by atoms with van der Waals surface area (Å²) in [6.07, 6.45) is -4.46. The van der Waals surface area contributed by atoms with E-state index in [4.69, 9.17) is 4.74 Å². The van der Waals surface area contributed by atoms with Crippen LogP contribution in [-0.4, -0.2) is 62.2 Å². The van der Waals surface area contributed by atoms with Gasteiger partial charge in [-0.15, -0.1) is 11.3 Å². The number of nitrogens with one attached hydrogen (secondary N) is 2. The van der Waals surface area contributed by atoms with E-state index in [-0.39, 0.29) is 17.8 Å². The van der Waals surface area contributed by atoms with Crippen molar-refractivity contribution in [2.24, 2.45) is 0 Å². The number of sulfonamides is 1. The Labute approximate surface area is 187 Å². The molecule has 32 heavy (non-hydrogen) atoms. The first kappa shape index (κ1) is 24.6. The van der Waals surface area contributed by atoms with Gasteiger partial charge in [0.25, 0.3) is 5.91 Å². The average molecular weight is 493 g/mol. The third-order valence-corrected chi connectivity index (χ3v) is 6.73. The summed E-state index contributed by atoms with van der Waals surface area (Å²) >= 11 is 1.23. The Balaban J connectivity index is 1.63. The lowest BCUT2D eigenvalue weighted by molar-refractivity contribution is -0.121. The number of ether oxygens (including phenoxy) is 1. The van der Waals surface area contributed by atoms with Crippen molar-refractivity contribution in [1.82, 2.24) is 14.6 Å². The molecule has 0 spiro atoms. The van der Waals surface area contributed by atoms with E-state index in [1.165, 1.54) is 28.2 Å². The second-order valence-corrected chi connectivity index (χ2v) is 10.1. The fourth-order valence-corrected chi connectivity index (χ4v) is 5.07. The molecule has 1 saturated heterocycles. The van der Waals surface area contributed by atoms with Gasteiger partial charge in [0.1, 0.15) is 6.54 Å². The van der Waals surface area contributed by atoms with Gasteiger partial charge in [0.2, 0.25) is 10.0 Å². The van der Waals surface area contributed by atoms with Crippen molar-refractivity contribution < 1.29 is 31.1 Å². The number of halogens is 3. The molecule has 2 N–H and O–H groups in total. The number of rotatable bonds is 7. The Morgan fingerprint density at radius 3 is 2.62 bits per heavy atom. The number of thiazole rings is 1. The van der Waals surface area contributed by atoms with E-state index in [1.54, 1.807) is 0 Å². The molecule has 0 radical (unpaired) electrons. The second kappa shape index (κ2) is 9.83. The van der Waals surface area contributed by atoms with E-state index < -0.39 is 33.5 Å². The maximum Gasteiger partial charge on any atom is 0.402 e. The molecule has 1 aliphatic heterocycles. The maximum atomic E-state index is 12.5. The van der Waals surface area contributed by atoms with E-state index in [0.29, 0.717) is 11.7 Å². The molecule has 0 bridgehead atoms. The zero-order valence-electron chi connectivity index (χ0n) is 17.3. The van der Waals surface area contributed by atoms with E-state index in [9.17, 15) is 26.4 Å². The lowest BCUT2D eigenvalue weighted by atomic mass is 10.2. The molecule has 8 nitrogen and oxygen atoms in total. The van der Waals surface area contributed by atoms with Crippen molar-refractivity contribution in [2.45, 2.75) is 43.7 Å². The van der Waals surface area contributed by atoms with Crippen LogP contribution in [0.5, 0.6) is 0 Å². The molecule has 2 atom stereocenters. The molecule has 176 valence electrons. The number of carbonyl (C=O) groups excluding carboxylic acids is 1. The van der Waals surface area contributed by atoms with Crippen LogP contribution in [-0.2, 0) is 21.3 Å². The van der Waals surface area contributed by atoms with Crippen molar-refractivity contribution >= 4 is 32.4 Å². The topological polar surface area (TPSA) is 101 Å². The van der Waals surface area contributed by atoms with Gasteiger partial charge in [-0.1, -0.05) is 6.07 Å². The summed E-state index contributed by atoms with van der Waals surface area (Å²) in [5.41, 5.74) is 0.756. The summed E-state index contributed by atoms with van der Waals surface area (Å²) in [7, 11) is -4.42. The van der Waals surface area contributed by atoms with E-state index in [2.05, 4.69) is 15.2 Å². The molecule has 13 heteroatoms. The van der Waals surface area contributed by atoms with Crippen molar-refractivity contribution in [3.8, 4) is 0 Å². The van der Waals surface area contributed by atoms with E-state index in [0.717, 1.165) is 30.9 Å². The number of anilines is 1. The number of alkyl halides is 3. The van der Waals surface area contributed by atoms with Gasteiger partial charge in [-0.3, -0.25) is 15.0 Å². The highest BCUT2D eigenvalue weighted by Gasteiger charge is 2.30. The third kappa shape index (κ3) is 6.97. The van der Waals surface area contributed by atoms with Crippen LogP contribution in [0.1, 0.15) is 29.9 Å². The third-order valence-electron chi connectivity index (χ3n) is 4.52. The number of hydrogen-bond donors (Lipinski definition) is 2. The Morgan fingerprint density at radius 1 is 1.28 bits per heavy atom. The van der Waals surface area contributed by atoms with Crippen LogP contribution < -0.4 is 10.0 Å². The van der Waals surface area contributed by atoms with Crippen molar-refractivity contribution in [1.29, 1.82) is 0 Å². The molecule has 1 amide bonds. The largest absolute Gasteiger partial charge is 0.402 e.